The molecule has 11 heteroatoms. The molecule has 0 aliphatic rings. The van der Waals surface area contributed by atoms with Crippen LogP contribution < -0.4 is 0 Å². The lowest BCUT2D eigenvalue weighted by Gasteiger charge is -1.89. The van der Waals surface area contributed by atoms with Crippen LogP contribution in [0.25, 0.3) is 0 Å². The van der Waals surface area contributed by atoms with Crippen molar-refractivity contribution in [1.29, 1.82) is 0 Å². The molecule has 0 saturated carbocycles. The Balaban J connectivity index is 0.000000161. The van der Waals surface area contributed by atoms with Crippen LogP contribution in [0.2, 0.25) is 15.9 Å². The van der Waals surface area contributed by atoms with E-state index in [9.17, 15) is 4.79 Å². The SMILES string of the molecule is Clc1nc(Cl)nc(Cl)n1.O=C(c1ncc[nH]1)c1ncc[nH]1. The van der Waals surface area contributed by atoms with Crippen LogP contribution in [0, 0.1) is 0 Å². The van der Waals surface area contributed by atoms with Gasteiger partial charge in [0.1, 0.15) is 0 Å². The second kappa shape index (κ2) is 7.11. The first kappa shape index (κ1) is 15.4. The van der Waals surface area contributed by atoms with Crippen molar-refractivity contribution in [2.75, 3.05) is 0 Å². The number of carbonyl (C=O) groups excluding carboxylic acids is 1. The van der Waals surface area contributed by atoms with Gasteiger partial charge >= 0.3 is 0 Å². The van der Waals surface area contributed by atoms with Crippen molar-refractivity contribution in [1.82, 2.24) is 34.9 Å². The van der Waals surface area contributed by atoms with Crippen molar-refractivity contribution in [3.8, 4) is 0 Å². The van der Waals surface area contributed by atoms with Crippen LogP contribution in [0.3, 0.4) is 0 Å². The molecule has 3 heterocycles. The van der Waals surface area contributed by atoms with Crippen LogP contribution in [0.15, 0.2) is 24.8 Å². The molecule has 0 aromatic carbocycles. The summed E-state index contributed by atoms with van der Waals surface area (Å²) in [6.07, 6.45) is 6.23. The average molecular weight is 347 g/mol. The zero-order valence-electron chi connectivity index (χ0n) is 10.1. The number of H-pyrrole nitrogens is 2. The molecule has 3 rings (SSSR count). The molecular weight excluding hydrogens is 341 g/mol. The molecule has 0 spiro atoms. The fourth-order valence-corrected chi connectivity index (χ4v) is 1.80. The zero-order valence-corrected chi connectivity index (χ0v) is 12.4. The molecule has 8 nitrogen and oxygen atoms in total. The smallest absolute Gasteiger partial charge is 0.263 e. The summed E-state index contributed by atoms with van der Waals surface area (Å²) in [6.45, 7) is 0. The van der Waals surface area contributed by atoms with Crippen molar-refractivity contribution in [2.24, 2.45) is 0 Å². The predicted molar refractivity (Wildman–Crippen MR) is 75.5 cm³/mol. The van der Waals surface area contributed by atoms with Crippen molar-refractivity contribution < 1.29 is 4.79 Å². The van der Waals surface area contributed by atoms with Gasteiger partial charge in [0, 0.05) is 24.8 Å². The minimum Gasteiger partial charge on any atom is -0.342 e. The van der Waals surface area contributed by atoms with Crippen molar-refractivity contribution in [3.63, 3.8) is 0 Å². The Morgan fingerprint density at radius 1 is 0.810 bits per heavy atom. The van der Waals surface area contributed by atoms with Gasteiger partial charge in [-0.1, -0.05) is 0 Å². The number of imidazole rings is 2. The summed E-state index contributed by atoms with van der Waals surface area (Å²) in [5.41, 5.74) is 0. The molecule has 0 unspecified atom stereocenters. The van der Waals surface area contributed by atoms with E-state index in [-0.39, 0.29) is 21.6 Å². The second-order valence-electron chi connectivity index (χ2n) is 3.35. The molecule has 0 aliphatic heterocycles. The van der Waals surface area contributed by atoms with Crippen LogP contribution in [-0.2, 0) is 0 Å². The number of hydrogen-bond acceptors (Lipinski definition) is 6. The number of halogens is 3. The van der Waals surface area contributed by atoms with Gasteiger partial charge in [-0.05, 0) is 34.8 Å². The Morgan fingerprint density at radius 3 is 1.48 bits per heavy atom. The summed E-state index contributed by atoms with van der Waals surface area (Å²) >= 11 is 16.0. The summed E-state index contributed by atoms with van der Waals surface area (Å²) in [7, 11) is 0. The van der Waals surface area contributed by atoms with E-state index in [0.29, 0.717) is 11.6 Å². The number of ketones is 1. The minimum atomic E-state index is -0.231. The highest BCUT2D eigenvalue weighted by atomic mass is 35.5. The molecule has 0 radical (unpaired) electrons. The summed E-state index contributed by atoms with van der Waals surface area (Å²) in [5, 5.41) is 0.00000000000000178. The highest BCUT2D eigenvalue weighted by Crippen LogP contribution is 2.08. The molecule has 3 aromatic rings. The van der Waals surface area contributed by atoms with Crippen LogP contribution in [-0.4, -0.2) is 40.7 Å². The monoisotopic (exact) mass is 345 g/mol. The molecule has 21 heavy (non-hydrogen) atoms. The standard InChI is InChI=1S/C7H6N4O.C3Cl3N3/c12-5(6-8-1-2-9-6)7-10-3-4-11-7;4-1-7-2(5)9-3(6)8-1/h1-4H,(H,8,9)(H,10,11);. The first-order valence-electron chi connectivity index (χ1n) is 5.32. The van der Waals surface area contributed by atoms with Gasteiger partial charge in [0.05, 0.1) is 0 Å². The molecule has 0 aliphatic carbocycles. The Morgan fingerprint density at radius 2 is 1.19 bits per heavy atom. The van der Waals surface area contributed by atoms with Crippen LogP contribution in [0.5, 0.6) is 0 Å². The summed E-state index contributed by atoms with van der Waals surface area (Å²) in [5.74, 6) is 0.361. The molecule has 0 amide bonds. The highest BCUT2D eigenvalue weighted by Gasteiger charge is 2.12. The lowest BCUT2D eigenvalue weighted by Crippen LogP contribution is -2.05. The maximum Gasteiger partial charge on any atom is 0.263 e. The van der Waals surface area contributed by atoms with E-state index in [1.165, 1.54) is 12.4 Å². The van der Waals surface area contributed by atoms with Gasteiger partial charge in [-0.15, -0.1) is 0 Å². The van der Waals surface area contributed by atoms with Gasteiger partial charge in [-0.25, -0.2) is 9.97 Å². The maximum absolute atomic E-state index is 11.4. The zero-order chi connectivity index (χ0) is 15.2. The summed E-state index contributed by atoms with van der Waals surface area (Å²) in [6, 6.07) is 0. The molecular formula is C10H6Cl3N7O. The van der Waals surface area contributed by atoms with Crippen molar-refractivity contribution in [2.45, 2.75) is 0 Å². The number of aromatic amines is 2. The fraction of sp³-hybridized carbons (Fsp3) is 0. The largest absolute Gasteiger partial charge is 0.342 e. The Kier molecular flexibility index (Phi) is 5.20. The molecule has 0 saturated heterocycles. The first-order chi connectivity index (χ1) is 10.1. The van der Waals surface area contributed by atoms with E-state index in [2.05, 4.69) is 34.9 Å². The number of nitrogens with one attached hydrogen (secondary N) is 2. The van der Waals surface area contributed by atoms with E-state index in [0.717, 1.165) is 0 Å². The Bertz CT molecular complexity index is 628. The number of hydrogen-bond donors (Lipinski definition) is 2. The lowest BCUT2D eigenvalue weighted by atomic mass is 10.3. The number of nitrogens with zero attached hydrogens (tertiary/aromatic N) is 5. The molecule has 0 atom stereocenters. The number of carbonyl (C=O) groups is 1. The van der Waals surface area contributed by atoms with Gasteiger partial charge in [0.25, 0.3) is 5.78 Å². The van der Waals surface area contributed by atoms with Gasteiger partial charge in [0.15, 0.2) is 11.6 Å². The van der Waals surface area contributed by atoms with Gasteiger partial charge in [0.2, 0.25) is 15.9 Å². The van der Waals surface area contributed by atoms with Gasteiger partial charge in [-0.2, -0.15) is 15.0 Å². The van der Waals surface area contributed by atoms with Crippen molar-refractivity contribution >= 4 is 40.6 Å². The van der Waals surface area contributed by atoms with Crippen LogP contribution in [0.4, 0.5) is 0 Å². The van der Waals surface area contributed by atoms with E-state index in [1.54, 1.807) is 12.4 Å². The van der Waals surface area contributed by atoms with E-state index < -0.39 is 0 Å². The molecule has 108 valence electrons. The minimum absolute atomic E-state index is 0.000000000000000444. The molecule has 0 fully saturated rings. The third-order valence-corrected chi connectivity index (χ3v) is 2.49. The van der Waals surface area contributed by atoms with Crippen molar-refractivity contribution in [3.05, 3.63) is 52.3 Å². The molecule has 3 aromatic heterocycles. The third-order valence-electron chi connectivity index (χ3n) is 1.98. The van der Waals surface area contributed by atoms with Crippen LogP contribution in [0.1, 0.15) is 16.4 Å². The fourth-order valence-electron chi connectivity index (χ4n) is 1.19. The van der Waals surface area contributed by atoms with E-state index >= 15 is 0 Å². The lowest BCUT2D eigenvalue weighted by molar-refractivity contribution is 0.102. The topological polar surface area (TPSA) is 113 Å². The molecule has 0 bridgehead atoms. The van der Waals surface area contributed by atoms with E-state index in [4.69, 9.17) is 34.8 Å². The number of rotatable bonds is 2. The van der Waals surface area contributed by atoms with Gasteiger partial charge in [-0.3, -0.25) is 4.79 Å². The third kappa shape index (κ3) is 4.48. The van der Waals surface area contributed by atoms with Crippen LogP contribution >= 0.6 is 34.8 Å². The highest BCUT2D eigenvalue weighted by molar-refractivity contribution is 6.33. The normalized spacial score (nSPS) is 9.86. The molecule has 2 N–H and O–H groups in total. The summed E-state index contributed by atoms with van der Waals surface area (Å²) in [4.78, 5) is 34.8. The summed E-state index contributed by atoms with van der Waals surface area (Å²) < 4.78 is 0. The Labute approximate surface area is 133 Å². The Hall–Kier alpha value is -2.03. The maximum atomic E-state index is 11.4. The first-order valence-corrected chi connectivity index (χ1v) is 6.45. The number of aromatic nitrogens is 7. The van der Waals surface area contributed by atoms with E-state index in [1.807, 2.05) is 0 Å². The second-order valence-corrected chi connectivity index (χ2v) is 4.36. The predicted octanol–water partition coefficient (Wildman–Crippen LogP) is 2.20. The average Bonchev–Trinajstić information content (AvgIpc) is 3.11. The quantitative estimate of drug-likeness (QED) is 0.688. The van der Waals surface area contributed by atoms with Gasteiger partial charge < -0.3 is 9.97 Å².